The van der Waals surface area contributed by atoms with Crippen molar-refractivity contribution in [3.8, 4) is 5.82 Å². The van der Waals surface area contributed by atoms with E-state index in [4.69, 9.17) is 0 Å². The second-order valence-corrected chi connectivity index (χ2v) is 8.28. The van der Waals surface area contributed by atoms with E-state index in [-0.39, 0.29) is 24.3 Å². The van der Waals surface area contributed by atoms with Crippen molar-refractivity contribution in [1.82, 2.24) is 25.2 Å². The molecule has 4 aromatic rings. The van der Waals surface area contributed by atoms with Crippen LogP contribution in [0, 0.1) is 0 Å². The summed E-state index contributed by atoms with van der Waals surface area (Å²) < 4.78 is 1.91. The Morgan fingerprint density at radius 3 is 2.51 bits per heavy atom. The van der Waals surface area contributed by atoms with Crippen LogP contribution in [0.4, 0.5) is 5.69 Å². The molecule has 3 heterocycles. The van der Waals surface area contributed by atoms with Gasteiger partial charge in [-0.15, -0.1) is 0 Å². The number of para-hydroxylation sites is 2. The summed E-state index contributed by atoms with van der Waals surface area (Å²) in [5.41, 5.74) is 3.91. The van der Waals surface area contributed by atoms with Crippen LogP contribution in [0.1, 0.15) is 28.8 Å². The van der Waals surface area contributed by atoms with Crippen LogP contribution in [-0.4, -0.2) is 45.3 Å². The van der Waals surface area contributed by atoms with Crippen molar-refractivity contribution in [1.29, 1.82) is 0 Å². The largest absolute Gasteiger partial charge is 0.350 e. The quantitative estimate of drug-likeness (QED) is 0.433. The first-order valence-corrected chi connectivity index (χ1v) is 11.4. The number of nitrogens with one attached hydrogen (secondary N) is 2. The number of carbonyl (C=O) groups excluding carboxylic acids is 3. The van der Waals surface area contributed by atoms with E-state index in [1.807, 2.05) is 41.0 Å². The number of benzene rings is 2. The Kier molecular flexibility index (Phi) is 6.21. The van der Waals surface area contributed by atoms with E-state index in [0.29, 0.717) is 25.1 Å². The Hall–Kier alpha value is -4.53. The Morgan fingerprint density at radius 1 is 0.943 bits per heavy atom. The van der Waals surface area contributed by atoms with Crippen LogP contribution in [-0.2, 0) is 16.1 Å². The standard InChI is InChI=1S/C26H24N6O3/c33-24(16-29-26(35)19-8-10-20(11-9-19)31-13-3-6-25(31)34)28-15-18-7-12-23(27-14-18)32-17-30-21-4-1-2-5-22(21)32/h1-2,4-5,7-12,14,17H,3,6,13,15-16H2,(H,28,33)(H,29,35). The van der Waals surface area contributed by atoms with Gasteiger partial charge in [0, 0.05) is 37.0 Å². The van der Waals surface area contributed by atoms with Gasteiger partial charge in [0.1, 0.15) is 12.1 Å². The maximum absolute atomic E-state index is 12.4. The van der Waals surface area contributed by atoms with Gasteiger partial charge >= 0.3 is 0 Å². The van der Waals surface area contributed by atoms with Crippen LogP contribution < -0.4 is 15.5 Å². The summed E-state index contributed by atoms with van der Waals surface area (Å²) in [6.45, 7) is 0.853. The number of hydrogen-bond acceptors (Lipinski definition) is 5. The molecule has 3 amide bonds. The summed E-state index contributed by atoms with van der Waals surface area (Å²) in [5.74, 6) is 0.181. The van der Waals surface area contributed by atoms with Crippen molar-refractivity contribution in [3.63, 3.8) is 0 Å². The third-order valence-corrected chi connectivity index (χ3v) is 5.92. The van der Waals surface area contributed by atoms with Crippen molar-refractivity contribution in [2.45, 2.75) is 19.4 Å². The number of fused-ring (bicyclic) bond motifs is 1. The molecule has 5 rings (SSSR count). The van der Waals surface area contributed by atoms with Gasteiger partial charge in [-0.1, -0.05) is 18.2 Å². The summed E-state index contributed by atoms with van der Waals surface area (Å²) in [6.07, 6.45) is 4.84. The van der Waals surface area contributed by atoms with E-state index in [0.717, 1.165) is 34.5 Å². The van der Waals surface area contributed by atoms with Gasteiger partial charge in [-0.25, -0.2) is 9.97 Å². The molecule has 0 saturated carbocycles. The second-order valence-electron chi connectivity index (χ2n) is 8.28. The zero-order chi connectivity index (χ0) is 24.2. The van der Waals surface area contributed by atoms with Crippen LogP contribution >= 0.6 is 0 Å². The number of pyridine rings is 1. The van der Waals surface area contributed by atoms with E-state index in [9.17, 15) is 14.4 Å². The lowest BCUT2D eigenvalue weighted by molar-refractivity contribution is -0.120. The monoisotopic (exact) mass is 468 g/mol. The zero-order valence-electron chi connectivity index (χ0n) is 19.0. The van der Waals surface area contributed by atoms with Crippen molar-refractivity contribution in [2.75, 3.05) is 18.0 Å². The van der Waals surface area contributed by atoms with Gasteiger partial charge in [0.25, 0.3) is 5.91 Å². The third-order valence-electron chi connectivity index (χ3n) is 5.92. The van der Waals surface area contributed by atoms with Crippen LogP contribution in [0.3, 0.4) is 0 Å². The predicted molar refractivity (Wildman–Crippen MR) is 131 cm³/mol. The van der Waals surface area contributed by atoms with E-state index < -0.39 is 0 Å². The van der Waals surface area contributed by atoms with Gasteiger partial charge in [0.15, 0.2) is 0 Å². The lowest BCUT2D eigenvalue weighted by atomic mass is 10.2. The lowest BCUT2D eigenvalue weighted by Crippen LogP contribution is -2.36. The Balaban J connectivity index is 1.11. The Bertz CT molecular complexity index is 1380. The molecule has 1 aliphatic rings. The minimum Gasteiger partial charge on any atom is -0.350 e. The van der Waals surface area contributed by atoms with Crippen molar-refractivity contribution >= 4 is 34.4 Å². The first-order chi connectivity index (χ1) is 17.1. The number of nitrogens with zero attached hydrogens (tertiary/aromatic N) is 4. The fourth-order valence-corrected chi connectivity index (χ4v) is 4.05. The van der Waals surface area contributed by atoms with Crippen LogP contribution in [0.25, 0.3) is 16.9 Å². The minimum atomic E-state index is -0.349. The molecule has 2 aromatic carbocycles. The molecular weight excluding hydrogens is 444 g/mol. The molecule has 9 heteroatoms. The van der Waals surface area contributed by atoms with E-state index in [1.54, 1.807) is 41.7 Å². The number of aromatic nitrogens is 3. The van der Waals surface area contributed by atoms with E-state index in [2.05, 4.69) is 20.6 Å². The fourth-order valence-electron chi connectivity index (χ4n) is 4.05. The summed E-state index contributed by atoms with van der Waals surface area (Å²) in [7, 11) is 0. The number of imidazole rings is 1. The predicted octanol–water partition coefficient (Wildman–Crippen LogP) is 2.59. The first-order valence-electron chi connectivity index (χ1n) is 11.4. The number of carbonyl (C=O) groups is 3. The highest BCUT2D eigenvalue weighted by molar-refractivity contribution is 5.98. The molecule has 0 radical (unpaired) electrons. The zero-order valence-corrected chi connectivity index (χ0v) is 19.0. The highest BCUT2D eigenvalue weighted by Crippen LogP contribution is 2.21. The summed E-state index contributed by atoms with van der Waals surface area (Å²) in [5, 5.41) is 5.40. The molecule has 35 heavy (non-hydrogen) atoms. The smallest absolute Gasteiger partial charge is 0.251 e. The topological polar surface area (TPSA) is 109 Å². The van der Waals surface area contributed by atoms with Gasteiger partial charge < -0.3 is 15.5 Å². The highest BCUT2D eigenvalue weighted by atomic mass is 16.2. The molecule has 1 aliphatic heterocycles. The van der Waals surface area contributed by atoms with Crippen molar-refractivity contribution < 1.29 is 14.4 Å². The summed E-state index contributed by atoms with van der Waals surface area (Å²) >= 11 is 0. The fraction of sp³-hybridized carbons (Fsp3) is 0.192. The van der Waals surface area contributed by atoms with Gasteiger partial charge in [-0.3, -0.25) is 19.0 Å². The van der Waals surface area contributed by atoms with Gasteiger partial charge in [0.05, 0.1) is 17.6 Å². The average molecular weight is 469 g/mol. The van der Waals surface area contributed by atoms with Crippen molar-refractivity contribution in [3.05, 3.63) is 84.3 Å². The van der Waals surface area contributed by atoms with E-state index in [1.165, 1.54) is 0 Å². The lowest BCUT2D eigenvalue weighted by Gasteiger charge is -2.15. The molecule has 176 valence electrons. The number of hydrogen-bond donors (Lipinski definition) is 2. The first kappa shape index (κ1) is 22.3. The molecule has 0 aliphatic carbocycles. The molecule has 0 unspecified atom stereocenters. The Labute approximate surface area is 201 Å². The normalized spacial score (nSPS) is 13.3. The SMILES string of the molecule is O=C(CNC(=O)c1ccc(N2CCCC2=O)cc1)NCc1ccc(-n2cnc3ccccc32)nc1. The minimum absolute atomic E-state index is 0.0962. The second kappa shape index (κ2) is 9.76. The molecule has 0 spiro atoms. The number of anilines is 1. The van der Waals surface area contributed by atoms with Gasteiger partial charge in [-0.2, -0.15) is 0 Å². The van der Waals surface area contributed by atoms with Gasteiger partial charge in [0.2, 0.25) is 11.8 Å². The van der Waals surface area contributed by atoms with E-state index >= 15 is 0 Å². The molecule has 1 saturated heterocycles. The van der Waals surface area contributed by atoms with Crippen molar-refractivity contribution in [2.24, 2.45) is 0 Å². The molecule has 2 aromatic heterocycles. The molecule has 2 N–H and O–H groups in total. The molecule has 0 atom stereocenters. The van der Waals surface area contributed by atoms with Gasteiger partial charge in [-0.05, 0) is 54.4 Å². The maximum Gasteiger partial charge on any atom is 0.251 e. The molecular formula is C26H24N6O3. The molecule has 0 bridgehead atoms. The molecule has 1 fully saturated rings. The average Bonchev–Trinajstić information content (AvgIpc) is 3.53. The number of rotatable bonds is 7. The summed E-state index contributed by atoms with van der Waals surface area (Å²) in [4.78, 5) is 47.0. The maximum atomic E-state index is 12.4. The number of amides is 3. The molecule has 9 nitrogen and oxygen atoms in total. The van der Waals surface area contributed by atoms with Crippen LogP contribution in [0.2, 0.25) is 0 Å². The summed E-state index contributed by atoms with van der Waals surface area (Å²) in [6, 6.07) is 18.4. The Morgan fingerprint density at radius 2 is 1.77 bits per heavy atom. The van der Waals surface area contributed by atoms with Crippen LogP contribution in [0.5, 0.6) is 0 Å². The van der Waals surface area contributed by atoms with Crippen LogP contribution in [0.15, 0.2) is 73.2 Å². The highest BCUT2D eigenvalue weighted by Gasteiger charge is 2.21. The third kappa shape index (κ3) is 4.89.